The summed E-state index contributed by atoms with van der Waals surface area (Å²) in [4.78, 5) is 3.76. The minimum atomic E-state index is -3.80. The van der Waals surface area contributed by atoms with Gasteiger partial charge >= 0.3 is 0 Å². The lowest BCUT2D eigenvalue weighted by Gasteiger charge is -2.05. The third-order valence-corrected chi connectivity index (χ3v) is 3.80. The number of hydrogen-bond donors (Lipinski definition) is 1. The van der Waals surface area contributed by atoms with Gasteiger partial charge in [-0.05, 0) is 12.1 Å². The van der Waals surface area contributed by atoms with E-state index >= 15 is 0 Å². The van der Waals surface area contributed by atoms with Crippen molar-refractivity contribution in [2.75, 3.05) is 0 Å². The molecule has 0 atom stereocenters. The molecule has 0 aliphatic carbocycles. The number of aromatic nitrogens is 1. The van der Waals surface area contributed by atoms with Crippen molar-refractivity contribution >= 4 is 48.3 Å². The molecular weight excluding hydrogens is 316 g/mol. The van der Waals surface area contributed by atoms with Crippen LogP contribution < -0.4 is 5.14 Å². The third kappa shape index (κ3) is 2.06. The SMILES string of the molecule is NS(=O)(=O)c1cnc(Cl)c2ccc(Br)cc12. The highest BCUT2D eigenvalue weighted by Gasteiger charge is 2.15. The van der Waals surface area contributed by atoms with Gasteiger partial charge in [-0.2, -0.15) is 0 Å². The molecule has 0 saturated heterocycles. The Morgan fingerprint density at radius 3 is 2.62 bits per heavy atom. The molecule has 16 heavy (non-hydrogen) atoms. The molecule has 1 heterocycles. The fraction of sp³-hybridized carbons (Fsp3) is 0. The van der Waals surface area contributed by atoms with Crippen molar-refractivity contribution in [1.82, 2.24) is 4.98 Å². The number of fused-ring (bicyclic) bond motifs is 1. The summed E-state index contributed by atoms with van der Waals surface area (Å²) in [6, 6.07) is 5.08. The Labute approximate surface area is 106 Å². The van der Waals surface area contributed by atoms with E-state index in [0.29, 0.717) is 10.8 Å². The molecule has 0 saturated carbocycles. The van der Waals surface area contributed by atoms with Crippen LogP contribution in [0.3, 0.4) is 0 Å². The zero-order valence-corrected chi connectivity index (χ0v) is 11.0. The Hall–Kier alpha value is -0.690. The van der Waals surface area contributed by atoms with Crippen molar-refractivity contribution < 1.29 is 8.42 Å². The maximum absolute atomic E-state index is 11.3. The average Bonchev–Trinajstić information content (AvgIpc) is 2.15. The van der Waals surface area contributed by atoms with E-state index in [1.54, 1.807) is 18.2 Å². The van der Waals surface area contributed by atoms with Crippen LogP contribution in [-0.2, 0) is 10.0 Å². The number of nitrogens with two attached hydrogens (primary N) is 1. The monoisotopic (exact) mass is 320 g/mol. The van der Waals surface area contributed by atoms with Crippen LogP contribution in [0.2, 0.25) is 5.15 Å². The van der Waals surface area contributed by atoms with Crippen molar-refractivity contribution in [3.63, 3.8) is 0 Å². The molecule has 0 aliphatic rings. The minimum absolute atomic E-state index is 0.0341. The molecule has 4 nitrogen and oxygen atoms in total. The highest BCUT2D eigenvalue weighted by atomic mass is 79.9. The maximum Gasteiger partial charge on any atom is 0.240 e. The number of nitrogens with zero attached hydrogens (tertiary/aromatic N) is 1. The third-order valence-electron chi connectivity index (χ3n) is 2.07. The second-order valence-electron chi connectivity index (χ2n) is 3.15. The number of rotatable bonds is 1. The first-order chi connectivity index (χ1) is 7.39. The highest BCUT2D eigenvalue weighted by molar-refractivity contribution is 9.10. The lowest BCUT2D eigenvalue weighted by molar-refractivity contribution is 0.598. The molecule has 1 aromatic heterocycles. The predicted octanol–water partition coefficient (Wildman–Crippen LogP) is 2.30. The number of primary sulfonamides is 1. The first-order valence-electron chi connectivity index (χ1n) is 4.16. The van der Waals surface area contributed by atoms with Crippen LogP contribution in [0, 0.1) is 0 Å². The van der Waals surface area contributed by atoms with Crippen molar-refractivity contribution in [2.45, 2.75) is 4.90 Å². The molecular formula is C9H6BrClN2O2S. The van der Waals surface area contributed by atoms with Crippen LogP contribution in [0.15, 0.2) is 33.8 Å². The maximum atomic E-state index is 11.3. The van der Waals surface area contributed by atoms with Gasteiger partial charge in [0.05, 0.1) is 0 Å². The Morgan fingerprint density at radius 1 is 1.31 bits per heavy atom. The van der Waals surface area contributed by atoms with Crippen molar-refractivity contribution in [3.8, 4) is 0 Å². The topological polar surface area (TPSA) is 73.1 Å². The normalized spacial score (nSPS) is 11.9. The largest absolute Gasteiger partial charge is 0.242 e. The van der Waals surface area contributed by atoms with Gasteiger partial charge in [-0.25, -0.2) is 18.5 Å². The van der Waals surface area contributed by atoms with Gasteiger partial charge in [-0.3, -0.25) is 0 Å². The molecule has 1 aromatic carbocycles. The smallest absolute Gasteiger partial charge is 0.240 e. The summed E-state index contributed by atoms with van der Waals surface area (Å²) in [5.41, 5.74) is 0. The van der Waals surface area contributed by atoms with E-state index in [1.807, 2.05) is 0 Å². The lowest BCUT2D eigenvalue weighted by Crippen LogP contribution is -2.13. The van der Waals surface area contributed by atoms with E-state index in [1.165, 1.54) is 0 Å². The summed E-state index contributed by atoms with van der Waals surface area (Å²) < 4.78 is 23.4. The van der Waals surface area contributed by atoms with E-state index in [2.05, 4.69) is 20.9 Å². The van der Waals surface area contributed by atoms with Crippen LogP contribution in [0.5, 0.6) is 0 Å². The van der Waals surface area contributed by atoms with Crippen molar-refractivity contribution in [1.29, 1.82) is 0 Å². The molecule has 0 aliphatic heterocycles. The molecule has 0 bridgehead atoms. The van der Waals surface area contributed by atoms with Gasteiger partial charge in [0, 0.05) is 21.4 Å². The number of sulfonamides is 1. The summed E-state index contributed by atoms with van der Waals surface area (Å²) in [5, 5.41) is 6.35. The Balaban J connectivity index is 2.98. The molecule has 84 valence electrons. The molecule has 0 fully saturated rings. The fourth-order valence-corrected chi connectivity index (χ4v) is 2.63. The zero-order valence-electron chi connectivity index (χ0n) is 7.81. The number of halogens is 2. The zero-order chi connectivity index (χ0) is 11.9. The van der Waals surface area contributed by atoms with Gasteiger partial charge in [0.2, 0.25) is 10.0 Å². The molecule has 0 unspecified atom stereocenters. The van der Waals surface area contributed by atoms with Crippen LogP contribution >= 0.6 is 27.5 Å². The summed E-state index contributed by atoms with van der Waals surface area (Å²) in [6.07, 6.45) is 1.16. The van der Waals surface area contributed by atoms with E-state index in [9.17, 15) is 8.42 Å². The number of pyridine rings is 1. The van der Waals surface area contributed by atoms with Gasteiger partial charge in [-0.1, -0.05) is 33.6 Å². The minimum Gasteiger partial charge on any atom is -0.242 e. The summed E-state index contributed by atoms with van der Waals surface area (Å²) in [5.74, 6) is 0. The van der Waals surface area contributed by atoms with E-state index in [-0.39, 0.29) is 10.0 Å². The van der Waals surface area contributed by atoms with Crippen molar-refractivity contribution in [3.05, 3.63) is 34.0 Å². The van der Waals surface area contributed by atoms with Crippen LogP contribution in [0.4, 0.5) is 0 Å². The average molecular weight is 322 g/mol. The first kappa shape index (κ1) is 11.8. The molecule has 2 aromatic rings. The lowest BCUT2D eigenvalue weighted by atomic mass is 10.2. The van der Waals surface area contributed by atoms with Gasteiger partial charge in [0.15, 0.2) is 0 Å². The van der Waals surface area contributed by atoms with Crippen LogP contribution in [0.1, 0.15) is 0 Å². The van der Waals surface area contributed by atoms with E-state index in [4.69, 9.17) is 16.7 Å². The Kier molecular flexibility index (Phi) is 2.91. The van der Waals surface area contributed by atoms with E-state index < -0.39 is 10.0 Å². The molecule has 2 rings (SSSR count). The summed E-state index contributed by atoms with van der Waals surface area (Å²) >= 11 is 9.13. The molecule has 0 spiro atoms. The van der Waals surface area contributed by atoms with Gasteiger partial charge in [0.1, 0.15) is 10.0 Å². The first-order valence-corrected chi connectivity index (χ1v) is 6.88. The number of benzene rings is 1. The van der Waals surface area contributed by atoms with Gasteiger partial charge in [0.25, 0.3) is 0 Å². The molecule has 2 N–H and O–H groups in total. The van der Waals surface area contributed by atoms with E-state index in [0.717, 1.165) is 10.7 Å². The fourth-order valence-electron chi connectivity index (χ4n) is 1.38. The molecule has 0 radical (unpaired) electrons. The Bertz CT molecular complexity index is 673. The number of hydrogen-bond acceptors (Lipinski definition) is 3. The summed E-state index contributed by atoms with van der Waals surface area (Å²) in [7, 11) is -3.80. The van der Waals surface area contributed by atoms with Crippen molar-refractivity contribution in [2.24, 2.45) is 5.14 Å². The predicted molar refractivity (Wildman–Crippen MR) is 65.8 cm³/mol. The standard InChI is InChI=1S/C9H6BrClN2O2S/c10-5-1-2-6-7(3-5)8(16(12,14)15)4-13-9(6)11/h1-4H,(H2,12,14,15). The molecule has 0 amide bonds. The molecule has 7 heteroatoms. The van der Waals surface area contributed by atoms with Gasteiger partial charge in [-0.15, -0.1) is 0 Å². The second-order valence-corrected chi connectivity index (χ2v) is 5.95. The van der Waals surface area contributed by atoms with Crippen LogP contribution in [0.25, 0.3) is 10.8 Å². The van der Waals surface area contributed by atoms with Gasteiger partial charge < -0.3 is 0 Å². The highest BCUT2D eigenvalue weighted by Crippen LogP contribution is 2.29. The summed E-state index contributed by atoms with van der Waals surface area (Å²) in [6.45, 7) is 0. The van der Waals surface area contributed by atoms with Crippen LogP contribution in [-0.4, -0.2) is 13.4 Å². The second kappa shape index (κ2) is 3.96. The quantitative estimate of drug-likeness (QED) is 0.819. The Morgan fingerprint density at radius 2 is 2.00 bits per heavy atom.